The van der Waals surface area contributed by atoms with Crippen molar-refractivity contribution in [1.29, 1.82) is 0 Å². The van der Waals surface area contributed by atoms with Crippen LogP contribution < -0.4 is 21.5 Å². The van der Waals surface area contributed by atoms with Crippen molar-refractivity contribution in [1.82, 2.24) is 29.7 Å². The van der Waals surface area contributed by atoms with Gasteiger partial charge < -0.3 is 30.2 Å². The molecule has 1 aromatic carbocycles. The van der Waals surface area contributed by atoms with Gasteiger partial charge in [-0.2, -0.15) is 9.97 Å². The number of anilines is 1. The number of H-pyrrole nitrogens is 1. The van der Waals surface area contributed by atoms with E-state index in [1.165, 1.54) is 7.11 Å². The zero-order valence-corrected chi connectivity index (χ0v) is 25.4. The van der Waals surface area contributed by atoms with Crippen LogP contribution in [0.3, 0.4) is 0 Å². The SMILES string of the molecule is CCCCOc1nc(N)c2[nH]c(=O)n(C3CCN(C(CCC)C(=O)NCc4ccc(CC(=O)OC)cc4)[C@H]3COC)c2n1. The van der Waals surface area contributed by atoms with Crippen LogP contribution in [0.25, 0.3) is 11.2 Å². The Morgan fingerprint density at radius 2 is 1.88 bits per heavy atom. The van der Waals surface area contributed by atoms with E-state index in [1.807, 2.05) is 31.2 Å². The first-order chi connectivity index (χ1) is 20.8. The van der Waals surface area contributed by atoms with Gasteiger partial charge in [0.1, 0.15) is 5.52 Å². The molecule has 0 spiro atoms. The fourth-order valence-electron chi connectivity index (χ4n) is 5.65. The van der Waals surface area contributed by atoms with Gasteiger partial charge in [-0.05, 0) is 30.4 Å². The summed E-state index contributed by atoms with van der Waals surface area (Å²) in [7, 11) is 2.98. The molecule has 0 saturated carbocycles. The summed E-state index contributed by atoms with van der Waals surface area (Å²) in [6.45, 7) is 5.82. The van der Waals surface area contributed by atoms with Gasteiger partial charge in [0.15, 0.2) is 11.5 Å². The lowest BCUT2D eigenvalue weighted by atomic mass is 10.1. The van der Waals surface area contributed by atoms with E-state index in [2.05, 4.69) is 32.1 Å². The average molecular weight is 598 g/mol. The number of imidazole rings is 1. The number of nitrogen functional groups attached to an aromatic ring is 1. The molecule has 4 N–H and O–H groups in total. The monoisotopic (exact) mass is 597 g/mol. The number of esters is 1. The van der Waals surface area contributed by atoms with Crippen molar-refractivity contribution in [2.24, 2.45) is 0 Å². The number of carbonyl (C=O) groups excluding carboxylic acids is 2. The normalized spacial score (nSPS) is 17.7. The lowest BCUT2D eigenvalue weighted by molar-refractivity contribution is -0.139. The molecule has 3 aromatic rings. The molecular formula is C30H43N7O6. The van der Waals surface area contributed by atoms with E-state index in [9.17, 15) is 14.4 Å². The summed E-state index contributed by atoms with van der Waals surface area (Å²) >= 11 is 0. The molecule has 0 bridgehead atoms. The van der Waals surface area contributed by atoms with Gasteiger partial charge in [0.25, 0.3) is 0 Å². The van der Waals surface area contributed by atoms with Crippen LogP contribution in [0.15, 0.2) is 29.1 Å². The number of hydrogen-bond acceptors (Lipinski definition) is 10. The second-order valence-electron chi connectivity index (χ2n) is 10.8. The molecule has 2 unspecified atom stereocenters. The molecule has 4 rings (SSSR count). The first kappa shape index (κ1) is 32.0. The van der Waals surface area contributed by atoms with Crippen molar-refractivity contribution in [3.63, 3.8) is 0 Å². The van der Waals surface area contributed by atoms with E-state index in [0.717, 1.165) is 30.4 Å². The van der Waals surface area contributed by atoms with E-state index < -0.39 is 6.04 Å². The van der Waals surface area contributed by atoms with Crippen LogP contribution in [0.4, 0.5) is 5.82 Å². The van der Waals surface area contributed by atoms with Crippen LogP contribution in [-0.4, -0.2) is 82.4 Å². The number of amides is 1. The number of fused-ring (bicyclic) bond motifs is 1. The van der Waals surface area contributed by atoms with Crippen molar-refractivity contribution < 1.29 is 23.8 Å². The molecule has 43 heavy (non-hydrogen) atoms. The smallest absolute Gasteiger partial charge is 0.328 e. The van der Waals surface area contributed by atoms with Crippen molar-refractivity contribution >= 4 is 28.9 Å². The minimum Gasteiger partial charge on any atom is -0.469 e. The van der Waals surface area contributed by atoms with Gasteiger partial charge in [-0.1, -0.05) is 51.0 Å². The highest BCUT2D eigenvalue weighted by Crippen LogP contribution is 2.34. The van der Waals surface area contributed by atoms with E-state index in [0.29, 0.717) is 50.3 Å². The number of methoxy groups -OCH3 is 2. The zero-order valence-electron chi connectivity index (χ0n) is 25.4. The molecule has 1 aliphatic heterocycles. The summed E-state index contributed by atoms with van der Waals surface area (Å²) in [6, 6.07) is 6.65. The lowest BCUT2D eigenvalue weighted by Crippen LogP contribution is -2.51. The number of unbranched alkanes of at least 4 members (excludes halogenated alkanes) is 1. The first-order valence-corrected chi connectivity index (χ1v) is 14.9. The predicted octanol–water partition coefficient (Wildman–Crippen LogP) is 2.34. The molecule has 3 atom stereocenters. The third-order valence-corrected chi connectivity index (χ3v) is 7.86. The highest BCUT2D eigenvalue weighted by atomic mass is 16.5. The Hall–Kier alpha value is -3.97. The number of aromatic amines is 1. The number of hydrogen-bond donors (Lipinski definition) is 3. The first-order valence-electron chi connectivity index (χ1n) is 14.9. The molecule has 3 heterocycles. The van der Waals surface area contributed by atoms with E-state index in [-0.39, 0.29) is 47.9 Å². The third-order valence-electron chi connectivity index (χ3n) is 7.86. The Labute approximate surface area is 251 Å². The summed E-state index contributed by atoms with van der Waals surface area (Å²) in [5.74, 6) is -0.247. The highest BCUT2D eigenvalue weighted by Gasteiger charge is 2.42. The van der Waals surface area contributed by atoms with E-state index in [1.54, 1.807) is 11.7 Å². The van der Waals surface area contributed by atoms with Gasteiger partial charge in [0.2, 0.25) is 5.91 Å². The number of carbonyl (C=O) groups is 2. The molecule has 13 heteroatoms. The second-order valence-corrected chi connectivity index (χ2v) is 10.8. The summed E-state index contributed by atoms with van der Waals surface area (Å²) in [6.07, 6.45) is 4.06. The molecule has 1 saturated heterocycles. The number of nitrogens with two attached hydrogens (primary N) is 1. The number of benzene rings is 1. The number of likely N-dealkylation sites (tertiary alicyclic amines) is 1. The molecule has 234 valence electrons. The van der Waals surface area contributed by atoms with Gasteiger partial charge in [-0.25, -0.2) is 4.79 Å². The Balaban J connectivity index is 1.54. The molecule has 1 amide bonds. The van der Waals surface area contributed by atoms with Crippen molar-refractivity contribution in [2.45, 2.75) is 77.0 Å². The molecule has 13 nitrogen and oxygen atoms in total. The Kier molecular flexibility index (Phi) is 11.1. The van der Waals surface area contributed by atoms with Gasteiger partial charge >= 0.3 is 17.7 Å². The van der Waals surface area contributed by atoms with Crippen molar-refractivity contribution in [3.05, 3.63) is 45.9 Å². The Bertz CT molecular complexity index is 1440. The van der Waals surface area contributed by atoms with Crippen LogP contribution in [0.1, 0.15) is 63.1 Å². The fraction of sp³-hybridized carbons (Fsp3) is 0.567. The summed E-state index contributed by atoms with van der Waals surface area (Å²) in [4.78, 5) is 52.1. The van der Waals surface area contributed by atoms with Crippen LogP contribution in [-0.2, 0) is 32.0 Å². The van der Waals surface area contributed by atoms with Gasteiger partial charge in [-0.15, -0.1) is 0 Å². The van der Waals surface area contributed by atoms with Crippen LogP contribution >= 0.6 is 0 Å². The molecule has 2 aromatic heterocycles. The Morgan fingerprint density at radius 3 is 2.56 bits per heavy atom. The van der Waals surface area contributed by atoms with E-state index in [4.69, 9.17) is 19.9 Å². The fourth-order valence-corrected chi connectivity index (χ4v) is 5.65. The Morgan fingerprint density at radius 1 is 1.14 bits per heavy atom. The van der Waals surface area contributed by atoms with E-state index >= 15 is 0 Å². The number of ether oxygens (including phenoxy) is 3. The quantitative estimate of drug-likeness (QED) is 0.175. The molecule has 0 radical (unpaired) electrons. The van der Waals surface area contributed by atoms with Crippen molar-refractivity contribution in [3.8, 4) is 6.01 Å². The largest absolute Gasteiger partial charge is 0.469 e. The van der Waals surface area contributed by atoms with Gasteiger partial charge in [-0.3, -0.25) is 19.1 Å². The highest BCUT2D eigenvalue weighted by molar-refractivity contribution is 5.83. The predicted molar refractivity (Wildman–Crippen MR) is 162 cm³/mol. The second kappa shape index (κ2) is 15.0. The summed E-state index contributed by atoms with van der Waals surface area (Å²) in [5.41, 5.74) is 8.35. The minimum absolute atomic E-state index is 0.0910. The maximum absolute atomic E-state index is 13.6. The molecule has 0 aliphatic carbocycles. The van der Waals surface area contributed by atoms with Crippen molar-refractivity contribution in [2.75, 3.05) is 39.7 Å². The molecular weight excluding hydrogens is 554 g/mol. The number of nitrogens with zero attached hydrogens (tertiary/aromatic N) is 4. The zero-order chi connectivity index (χ0) is 30.9. The van der Waals surface area contributed by atoms with Gasteiger partial charge in [0.05, 0.1) is 44.9 Å². The molecule has 1 aliphatic rings. The maximum Gasteiger partial charge on any atom is 0.328 e. The average Bonchev–Trinajstić information content (AvgIpc) is 3.55. The minimum atomic E-state index is -0.415. The van der Waals surface area contributed by atoms with Crippen LogP contribution in [0.5, 0.6) is 6.01 Å². The number of nitrogens with one attached hydrogen (secondary N) is 2. The van der Waals surface area contributed by atoms with Crippen LogP contribution in [0, 0.1) is 0 Å². The van der Waals surface area contributed by atoms with Crippen LogP contribution in [0.2, 0.25) is 0 Å². The number of aromatic nitrogens is 4. The summed E-state index contributed by atoms with van der Waals surface area (Å²) < 4.78 is 17.7. The summed E-state index contributed by atoms with van der Waals surface area (Å²) in [5, 5.41) is 3.08. The maximum atomic E-state index is 13.6. The lowest BCUT2D eigenvalue weighted by Gasteiger charge is -2.34. The number of rotatable bonds is 15. The molecule has 1 fully saturated rings. The van der Waals surface area contributed by atoms with Gasteiger partial charge in [0, 0.05) is 20.2 Å². The third kappa shape index (κ3) is 7.52. The topological polar surface area (TPSA) is 167 Å². The standard InChI is InChI=1S/C30H43N7O6/c1-5-7-15-43-29-34-26(31)25-27(35-29)37(30(40)33-25)21-13-14-36(23(21)18-41-3)22(8-6-2)28(39)32-17-20-11-9-19(10-12-20)16-24(38)42-4/h9-12,21-23H,5-8,13-18H2,1-4H3,(H,32,39)(H,33,40)(H2,31,34,35)/t21?,22?,23-/m0/s1.